The zero-order valence-electron chi connectivity index (χ0n) is 16.9. The molecule has 3 aliphatic rings. The van der Waals surface area contributed by atoms with Crippen LogP contribution < -0.4 is 5.32 Å². The molecule has 0 unspecified atom stereocenters. The summed E-state index contributed by atoms with van der Waals surface area (Å²) in [5.41, 5.74) is 2.25. The van der Waals surface area contributed by atoms with E-state index >= 15 is 0 Å². The first-order valence-corrected chi connectivity index (χ1v) is 10.4. The number of benzene rings is 1. The molecule has 0 radical (unpaired) electrons. The van der Waals surface area contributed by atoms with Gasteiger partial charge in [-0.1, -0.05) is 6.07 Å². The van der Waals surface area contributed by atoms with Gasteiger partial charge in [0.15, 0.2) is 0 Å². The molecule has 2 N–H and O–H groups in total. The highest BCUT2D eigenvalue weighted by atomic mass is 16.5. The minimum Gasteiger partial charge on any atom is -0.396 e. The summed E-state index contributed by atoms with van der Waals surface area (Å²) in [5, 5.41) is 12.7. The molecule has 1 aromatic heterocycles. The first kappa shape index (κ1) is 19.2. The fourth-order valence-electron chi connectivity index (χ4n) is 5.36. The van der Waals surface area contributed by atoms with Crippen molar-refractivity contribution < 1.29 is 19.4 Å². The average Bonchev–Trinajstić information content (AvgIpc) is 3.43. The third-order valence-electron chi connectivity index (χ3n) is 6.96. The van der Waals surface area contributed by atoms with E-state index in [0.717, 1.165) is 18.4 Å². The van der Waals surface area contributed by atoms with Crippen LogP contribution in [0, 0.1) is 18.8 Å². The summed E-state index contributed by atoms with van der Waals surface area (Å²) in [7, 11) is 0. The molecule has 0 aliphatic carbocycles. The number of aryl methyl sites for hydroxylation is 1. The second kappa shape index (κ2) is 7.18. The lowest BCUT2D eigenvalue weighted by atomic mass is 9.74. The van der Waals surface area contributed by atoms with Crippen molar-refractivity contribution in [2.24, 2.45) is 11.8 Å². The summed E-state index contributed by atoms with van der Waals surface area (Å²) < 4.78 is 6.23. The molecule has 0 saturated carbocycles. The van der Waals surface area contributed by atoms with E-state index in [0.29, 0.717) is 29.9 Å². The van der Waals surface area contributed by atoms with E-state index in [-0.39, 0.29) is 42.0 Å². The van der Waals surface area contributed by atoms with Crippen LogP contribution in [-0.4, -0.2) is 58.2 Å². The number of anilines is 1. The molecule has 5 rings (SSSR count). The largest absolute Gasteiger partial charge is 0.396 e. The molecule has 156 valence electrons. The summed E-state index contributed by atoms with van der Waals surface area (Å²) in [5.74, 6) is 0.00379. The Labute approximate surface area is 175 Å². The van der Waals surface area contributed by atoms with Crippen molar-refractivity contribution in [2.45, 2.75) is 31.5 Å². The second-order valence-corrected chi connectivity index (χ2v) is 8.62. The number of aliphatic hydroxyl groups is 1. The predicted octanol–water partition coefficient (Wildman–Crippen LogP) is 2.25. The summed E-state index contributed by atoms with van der Waals surface area (Å²) in [6.45, 7) is 3.17. The molecule has 2 amide bonds. The van der Waals surface area contributed by atoms with Crippen LogP contribution in [0.1, 0.15) is 39.1 Å². The van der Waals surface area contributed by atoms with Crippen LogP contribution >= 0.6 is 0 Å². The molecule has 1 spiro atoms. The Kier molecular flexibility index (Phi) is 4.60. The molecule has 1 aromatic carbocycles. The van der Waals surface area contributed by atoms with Crippen LogP contribution in [0.5, 0.6) is 0 Å². The highest BCUT2D eigenvalue weighted by Crippen LogP contribution is 2.54. The summed E-state index contributed by atoms with van der Waals surface area (Å²) in [6.07, 6.45) is 5.18. The SMILES string of the molecule is Cc1ccc(C(=O)N2C[C@H]3[C@@H](CO)[C@@H]4CC[C@@]3(C2)O4)cc1NC(=O)c1ccncc1. The van der Waals surface area contributed by atoms with Crippen LogP contribution in [0.4, 0.5) is 5.69 Å². The van der Waals surface area contributed by atoms with E-state index in [2.05, 4.69) is 10.3 Å². The van der Waals surface area contributed by atoms with Gasteiger partial charge in [-0.15, -0.1) is 0 Å². The van der Waals surface area contributed by atoms with Crippen molar-refractivity contribution >= 4 is 17.5 Å². The maximum atomic E-state index is 13.3. The van der Waals surface area contributed by atoms with Crippen molar-refractivity contribution in [1.29, 1.82) is 0 Å². The maximum absolute atomic E-state index is 13.3. The molecule has 4 heterocycles. The smallest absolute Gasteiger partial charge is 0.255 e. The normalized spacial score (nSPS) is 29.1. The number of amides is 2. The van der Waals surface area contributed by atoms with Crippen LogP contribution in [0.2, 0.25) is 0 Å². The lowest BCUT2D eigenvalue weighted by molar-refractivity contribution is 0.00154. The number of hydrogen-bond donors (Lipinski definition) is 2. The van der Waals surface area contributed by atoms with Crippen molar-refractivity contribution in [3.63, 3.8) is 0 Å². The van der Waals surface area contributed by atoms with Crippen molar-refractivity contribution in [2.75, 3.05) is 25.0 Å². The van der Waals surface area contributed by atoms with Gasteiger partial charge in [0.25, 0.3) is 11.8 Å². The van der Waals surface area contributed by atoms with Gasteiger partial charge in [-0.2, -0.15) is 0 Å². The van der Waals surface area contributed by atoms with Crippen LogP contribution in [0.3, 0.4) is 0 Å². The van der Waals surface area contributed by atoms with Gasteiger partial charge in [-0.05, 0) is 49.6 Å². The second-order valence-electron chi connectivity index (χ2n) is 8.62. The summed E-state index contributed by atoms with van der Waals surface area (Å²) >= 11 is 0. The molecule has 4 atom stereocenters. The van der Waals surface area contributed by atoms with Gasteiger partial charge in [0, 0.05) is 54.2 Å². The molecule has 2 aromatic rings. The third kappa shape index (κ3) is 3.00. The first-order chi connectivity index (χ1) is 14.5. The molecule has 2 bridgehead atoms. The van der Waals surface area contributed by atoms with E-state index in [1.165, 1.54) is 0 Å². The molecule has 30 heavy (non-hydrogen) atoms. The fraction of sp³-hybridized carbons (Fsp3) is 0.435. The number of fused-ring (bicyclic) bond motifs is 1. The highest BCUT2D eigenvalue weighted by molar-refractivity contribution is 6.05. The Hall–Kier alpha value is -2.77. The molecular weight excluding hydrogens is 382 g/mol. The summed E-state index contributed by atoms with van der Waals surface area (Å²) in [4.78, 5) is 31.5. The minimum absolute atomic E-state index is 0.0677. The number of rotatable bonds is 4. The molecule has 3 aliphatic heterocycles. The fourth-order valence-corrected chi connectivity index (χ4v) is 5.36. The number of aliphatic hydroxyl groups excluding tert-OH is 1. The zero-order chi connectivity index (χ0) is 20.9. The van der Waals surface area contributed by atoms with Crippen molar-refractivity contribution in [1.82, 2.24) is 9.88 Å². The van der Waals surface area contributed by atoms with Crippen LogP contribution in [0.25, 0.3) is 0 Å². The number of nitrogens with zero attached hydrogens (tertiary/aromatic N) is 2. The van der Waals surface area contributed by atoms with Gasteiger partial charge in [-0.3, -0.25) is 14.6 Å². The third-order valence-corrected chi connectivity index (χ3v) is 6.96. The number of aromatic nitrogens is 1. The average molecular weight is 407 g/mol. The lowest BCUT2D eigenvalue weighted by Crippen LogP contribution is -2.38. The Morgan fingerprint density at radius 3 is 2.83 bits per heavy atom. The topological polar surface area (TPSA) is 91.8 Å². The van der Waals surface area contributed by atoms with Gasteiger partial charge in [0.1, 0.15) is 0 Å². The number of nitrogens with one attached hydrogen (secondary N) is 1. The summed E-state index contributed by atoms with van der Waals surface area (Å²) in [6, 6.07) is 8.68. The Bertz CT molecular complexity index is 995. The van der Waals surface area contributed by atoms with Gasteiger partial charge < -0.3 is 20.1 Å². The highest BCUT2D eigenvalue weighted by Gasteiger charge is 2.63. The number of carbonyl (C=O) groups excluding carboxylic acids is 2. The number of likely N-dealkylation sites (tertiary alicyclic amines) is 1. The van der Waals surface area contributed by atoms with Crippen LogP contribution in [0.15, 0.2) is 42.7 Å². The van der Waals surface area contributed by atoms with E-state index in [1.54, 1.807) is 36.7 Å². The minimum atomic E-state index is -0.295. The van der Waals surface area contributed by atoms with Crippen LogP contribution in [-0.2, 0) is 4.74 Å². The standard InChI is InChI=1S/C23H25N3O4/c1-14-2-3-16(10-19(14)25-21(28)15-5-8-24-9-6-15)22(29)26-11-18-17(12-27)20-4-7-23(18,13-26)30-20/h2-3,5-6,8-10,17-18,20,27H,4,7,11-13H2,1H3,(H,25,28)/t17-,18+,20+,23+/m1/s1. The van der Waals surface area contributed by atoms with Gasteiger partial charge in [0.05, 0.1) is 18.2 Å². The molecule has 3 saturated heterocycles. The Morgan fingerprint density at radius 1 is 1.27 bits per heavy atom. The lowest BCUT2D eigenvalue weighted by Gasteiger charge is -2.27. The molecule has 7 heteroatoms. The van der Waals surface area contributed by atoms with Gasteiger partial charge >= 0.3 is 0 Å². The van der Waals surface area contributed by atoms with Gasteiger partial charge in [-0.25, -0.2) is 0 Å². The Balaban J connectivity index is 1.35. The van der Waals surface area contributed by atoms with E-state index < -0.39 is 0 Å². The number of hydrogen-bond acceptors (Lipinski definition) is 5. The van der Waals surface area contributed by atoms with E-state index in [9.17, 15) is 14.7 Å². The molecule has 7 nitrogen and oxygen atoms in total. The van der Waals surface area contributed by atoms with Gasteiger partial charge in [0.2, 0.25) is 0 Å². The molecular formula is C23H25N3O4. The Morgan fingerprint density at radius 2 is 2.07 bits per heavy atom. The van der Waals surface area contributed by atoms with Crippen molar-refractivity contribution in [3.05, 3.63) is 59.4 Å². The van der Waals surface area contributed by atoms with E-state index in [1.807, 2.05) is 17.9 Å². The quantitative estimate of drug-likeness (QED) is 0.811. The first-order valence-electron chi connectivity index (χ1n) is 10.4. The molecule has 3 fully saturated rings. The van der Waals surface area contributed by atoms with Crippen molar-refractivity contribution in [3.8, 4) is 0 Å². The number of carbonyl (C=O) groups is 2. The number of ether oxygens (including phenoxy) is 1. The monoisotopic (exact) mass is 407 g/mol. The van der Waals surface area contributed by atoms with E-state index in [4.69, 9.17) is 4.74 Å². The number of pyridine rings is 1. The maximum Gasteiger partial charge on any atom is 0.255 e. The zero-order valence-corrected chi connectivity index (χ0v) is 16.9. The predicted molar refractivity (Wildman–Crippen MR) is 110 cm³/mol.